The molecule has 6 nitrogen and oxygen atoms in total. The van der Waals surface area contributed by atoms with Gasteiger partial charge in [0.25, 0.3) is 5.91 Å². The Bertz CT molecular complexity index is 1000. The van der Waals surface area contributed by atoms with Crippen molar-refractivity contribution < 1.29 is 27.6 Å². The minimum absolute atomic E-state index is 0.0720. The van der Waals surface area contributed by atoms with Gasteiger partial charge in [-0.3, -0.25) is 14.5 Å². The molecule has 0 unspecified atom stereocenters. The molecule has 146 valence electrons. The number of carbonyl (C=O) groups excluding carboxylic acids is 3. The molecule has 0 bridgehead atoms. The second-order valence-electron chi connectivity index (χ2n) is 6.24. The SMILES string of the molecule is C[C@@]1(c2cc(F)ccc2F)NC(=O)N(CC(=O)Nc2ccc(F)cc2Cl)C1=O. The van der Waals surface area contributed by atoms with Crippen LogP contribution in [0, 0.1) is 17.5 Å². The molecule has 0 spiro atoms. The number of nitrogens with one attached hydrogen (secondary N) is 2. The molecule has 1 heterocycles. The minimum Gasteiger partial charge on any atom is -0.323 e. The monoisotopic (exact) mass is 411 g/mol. The van der Waals surface area contributed by atoms with Crippen molar-refractivity contribution in [1.82, 2.24) is 10.2 Å². The van der Waals surface area contributed by atoms with Gasteiger partial charge in [-0.05, 0) is 43.3 Å². The van der Waals surface area contributed by atoms with Crippen LogP contribution in [0.25, 0.3) is 0 Å². The first-order valence-corrected chi connectivity index (χ1v) is 8.34. The summed E-state index contributed by atoms with van der Waals surface area (Å²) in [4.78, 5) is 37.7. The Hall–Kier alpha value is -3.07. The Kier molecular flexibility index (Phi) is 5.03. The van der Waals surface area contributed by atoms with Crippen molar-refractivity contribution in [3.05, 3.63) is 64.4 Å². The Balaban J connectivity index is 1.80. The van der Waals surface area contributed by atoms with Crippen LogP contribution in [-0.2, 0) is 15.1 Å². The van der Waals surface area contributed by atoms with Gasteiger partial charge in [-0.1, -0.05) is 11.6 Å². The van der Waals surface area contributed by atoms with Crippen molar-refractivity contribution in [3.63, 3.8) is 0 Å². The van der Waals surface area contributed by atoms with Crippen LogP contribution in [0.5, 0.6) is 0 Å². The van der Waals surface area contributed by atoms with E-state index in [1.165, 1.54) is 13.0 Å². The predicted molar refractivity (Wildman–Crippen MR) is 94.0 cm³/mol. The molecule has 4 amide bonds. The molecule has 28 heavy (non-hydrogen) atoms. The fraction of sp³-hybridized carbons (Fsp3) is 0.167. The van der Waals surface area contributed by atoms with E-state index in [2.05, 4.69) is 10.6 Å². The molecule has 10 heteroatoms. The zero-order valence-electron chi connectivity index (χ0n) is 14.4. The standard InChI is InChI=1S/C18H13ClF3N3O3/c1-18(11-6-9(20)2-4-13(11)22)16(27)25(17(28)24-18)8-15(26)23-14-5-3-10(21)7-12(14)19/h2-7H,8H2,1H3,(H,23,26)(H,24,28)/t18-/m0/s1. The lowest BCUT2D eigenvalue weighted by atomic mass is 9.91. The van der Waals surface area contributed by atoms with Crippen LogP contribution in [0.2, 0.25) is 5.02 Å². The Labute approximate surface area is 162 Å². The maximum atomic E-state index is 14.1. The van der Waals surface area contributed by atoms with Crippen molar-refractivity contribution in [3.8, 4) is 0 Å². The number of amides is 4. The molecular weight excluding hydrogens is 399 g/mol. The van der Waals surface area contributed by atoms with Gasteiger partial charge >= 0.3 is 6.03 Å². The molecule has 0 aromatic heterocycles. The fourth-order valence-corrected chi connectivity index (χ4v) is 3.04. The number of hydrogen-bond acceptors (Lipinski definition) is 3. The molecule has 0 radical (unpaired) electrons. The average molecular weight is 412 g/mol. The lowest BCUT2D eigenvalue weighted by Gasteiger charge is -2.22. The van der Waals surface area contributed by atoms with Gasteiger partial charge in [-0.2, -0.15) is 0 Å². The summed E-state index contributed by atoms with van der Waals surface area (Å²) in [7, 11) is 0. The number of benzene rings is 2. The summed E-state index contributed by atoms with van der Waals surface area (Å²) in [5.74, 6) is -4.00. The normalized spacial score (nSPS) is 19.0. The van der Waals surface area contributed by atoms with Gasteiger partial charge in [0.1, 0.15) is 29.5 Å². The van der Waals surface area contributed by atoms with E-state index in [0.717, 1.165) is 30.3 Å². The van der Waals surface area contributed by atoms with Crippen LogP contribution < -0.4 is 10.6 Å². The van der Waals surface area contributed by atoms with Crippen LogP contribution in [0.4, 0.5) is 23.7 Å². The van der Waals surface area contributed by atoms with E-state index in [9.17, 15) is 27.6 Å². The summed E-state index contributed by atoms with van der Waals surface area (Å²) in [6.45, 7) is 0.505. The first-order valence-electron chi connectivity index (χ1n) is 7.96. The van der Waals surface area contributed by atoms with E-state index < -0.39 is 47.4 Å². The zero-order chi connectivity index (χ0) is 20.6. The highest BCUT2D eigenvalue weighted by Crippen LogP contribution is 2.31. The second-order valence-corrected chi connectivity index (χ2v) is 6.65. The smallest absolute Gasteiger partial charge is 0.323 e. The van der Waals surface area contributed by atoms with Gasteiger partial charge in [0.05, 0.1) is 10.7 Å². The Morgan fingerprint density at radius 2 is 1.79 bits per heavy atom. The second kappa shape index (κ2) is 7.16. The topological polar surface area (TPSA) is 78.5 Å². The van der Waals surface area contributed by atoms with E-state index in [1.807, 2.05) is 0 Å². The lowest BCUT2D eigenvalue weighted by molar-refractivity contribution is -0.133. The predicted octanol–water partition coefficient (Wildman–Crippen LogP) is 3.16. The van der Waals surface area contributed by atoms with E-state index >= 15 is 0 Å². The van der Waals surface area contributed by atoms with Gasteiger partial charge in [-0.25, -0.2) is 18.0 Å². The van der Waals surface area contributed by atoms with Crippen LogP contribution in [-0.4, -0.2) is 29.3 Å². The molecule has 3 rings (SSSR count). The maximum absolute atomic E-state index is 14.1. The molecule has 1 saturated heterocycles. The van der Waals surface area contributed by atoms with Crippen molar-refractivity contribution >= 4 is 35.1 Å². The molecular formula is C18H13ClF3N3O3. The van der Waals surface area contributed by atoms with Gasteiger partial charge in [0, 0.05) is 5.56 Å². The van der Waals surface area contributed by atoms with E-state index in [4.69, 9.17) is 11.6 Å². The third-order valence-electron chi connectivity index (χ3n) is 4.25. The zero-order valence-corrected chi connectivity index (χ0v) is 15.1. The van der Waals surface area contributed by atoms with Crippen LogP contribution >= 0.6 is 11.6 Å². The quantitative estimate of drug-likeness (QED) is 0.759. The van der Waals surface area contributed by atoms with Gasteiger partial charge < -0.3 is 10.6 Å². The van der Waals surface area contributed by atoms with Crippen molar-refractivity contribution in [2.75, 3.05) is 11.9 Å². The molecule has 0 saturated carbocycles. The minimum atomic E-state index is -1.88. The Morgan fingerprint density at radius 1 is 1.14 bits per heavy atom. The third kappa shape index (κ3) is 3.53. The molecule has 2 aromatic carbocycles. The highest BCUT2D eigenvalue weighted by molar-refractivity contribution is 6.33. The van der Waals surface area contributed by atoms with E-state index in [0.29, 0.717) is 4.90 Å². The van der Waals surface area contributed by atoms with Crippen LogP contribution in [0.1, 0.15) is 12.5 Å². The number of nitrogens with zero attached hydrogens (tertiary/aromatic N) is 1. The van der Waals surface area contributed by atoms with Crippen LogP contribution in [0.3, 0.4) is 0 Å². The highest BCUT2D eigenvalue weighted by atomic mass is 35.5. The number of carbonyl (C=O) groups is 3. The summed E-state index contributed by atoms with van der Waals surface area (Å²) < 4.78 is 40.7. The Morgan fingerprint density at radius 3 is 2.46 bits per heavy atom. The van der Waals surface area contributed by atoms with E-state index in [1.54, 1.807) is 0 Å². The van der Waals surface area contributed by atoms with Gasteiger partial charge in [-0.15, -0.1) is 0 Å². The molecule has 1 aliphatic rings. The first-order chi connectivity index (χ1) is 13.1. The first kappa shape index (κ1) is 19.7. The number of anilines is 1. The summed E-state index contributed by atoms with van der Waals surface area (Å²) in [6.07, 6.45) is 0. The van der Waals surface area contributed by atoms with Crippen LogP contribution in [0.15, 0.2) is 36.4 Å². The van der Waals surface area contributed by atoms with Crippen molar-refractivity contribution in [2.24, 2.45) is 0 Å². The van der Waals surface area contributed by atoms with Crippen molar-refractivity contribution in [2.45, 2.75) is 12.5 Å². The van der Waals surface area contributed by atoms with E-state index in [-0.39, 0.29) is 16.3 Å². The number of hydrogen-bond donors (Lipinski definition) is 2. The summed E-state index contributed by atoms with van der Waals surface area (Å²) in [5, 5.41) is 4.55. The lowest BCUT2D eigenvalue weighted by Crippen LogP contribution is -2.42. The average Bonchev–Trinajstić information content (AvgIpc) is 2.83. The molecule has 2 aromatic rings. The third-order valence-corrected chi connectivity index (χ3v) is 4.56. The number of urea groups is 1. The molecule has 1 aliphatic heterocycles. The van der Waals surface area contributed by atoms with Gasteiger partial charge in [0.2, 0.25) is 5.91 Å². The summed E-state index contributed by atoms with van der Waals surface area (Å²) in [6, 6.07) is 4.83. The summed E-state index contributed by atoms with van der Waals surface area (Å²) >= 11 is 5.81. The molecule has 2 N–H and O–H groups in total. The van der Waals surface area contributed by atoms with Gasteiger partial charge in [0.15, 0.2) is 0 Å². The number of rotatable bonds is 4. The largest absolute Gasteiger partial charge is 0.325 e. The molecule has 0 aliphatic carbocycles. The number of halogens is 4. The highest BCUT2D eigenvalue weighted by Gasteiger charge is 2.50. The van der Waals surface area contributed by atoms with Crippen molar-refractivity contribution in [1.29, 1.82) is 0 Å². The number of imide groups is 1. The fourth-order valence-electron chi connectivity index (χ4n) is 2.83. The summed E-state index contributed by atoms with van der Waals surface area (Å²) in [5.41, 5.74) is -2.16. The maximum Gasteiger partial charge on any atom is 0.325 e. The molecule has 1 atom stereocenters. The molecule has 1 fully saturated rings.